The molecule has 3 rings (SSSR count). The molecule has 1 unspecified atom stereocenters. The van der Waals surface area contributed by atoms with Gasteiger partial charge in [-0.05, 0) is 35.6 Å². The molecule has 3 aromatic rings. The lowest BCUT2D eigenvalue weighted by Gasteiger charge is -2.20. The lowest BCUT2D eigenvalue weighted by molar-refractivity contribution is -0.141. The van der Waals surface area contributed by atoms with Crippen LogP contribution >= 0.6 is 0 Å². The molecule has 0 heterocycles. The van der Waals surface area contributed by atoms with Crippen LogP contribution in [-0.4, -0.2) is 39.8 Å². The Morgan fingerprint density at radius 2 is 1.64 bits per heavy atom. The first kappa shape index (κ1) is 23.9. The molecule has 0 spiro atoms. The van der Waals surface area contributed by atoms with Crippen LogP contribution in [0.1, 0.15) is 30.9 Å². The van der Waals surface area contributed by atoms with E-state index in [0.29, 0.717) is 24.5 Å². The summed E-state index contributed by atoms with van der Waals surface area (Å²) in [4.78, 5) is 24.6. The van der Waals surface area contributed by atoms with E-state index >= 15 is 0 Å². The van der Waals surface area contributed by atoms with Gasteiger partial charge in [-0.3, -0.25) is 9.59 Å². The Labute approximate surface area is 193 Å². The molecule has 0 saturated heterocycles. The summed E-state index contributed by atoms with van der Waals surface area (Å²) in [6.07, 6.45) is 0.798. The third-order valence-corrected chi connectivity index (χ3v) is 5.30. The number of carbonyl (C=O) groups excluding carboxylic acids is 2. The van der Waals surface area contributed by atoms with Gasteiger partial charge in [-0.25, -0.2) is 0 Å². The number of methoxy groups -OCH3 is 3. The van der Waals surface area contributed by atoms with Crippen LogP contribution in [0.15, 0.2) is 60.7 Å². The number of benzene rings is 3. The SMILES string of the molecule is COC(=O)CC(NC(=O)CCCOc1cccc2ccccc12)c1ccc(OC)c(OC)c1. The van der Waals surface area contributed by atoms with Gasteiger partial charge in [0.25, 0.3) is 0 Å². The van der Waals surface area contributed by atoms with Crippen LogP contribution in [-0.2, 0) is 14.3 Å². The van der Waals surface area contributed by atoms with Crippen molar-refractivity contribution in [2.45, 2.75) is 25.3 Å². The highest BCUT2D eigenvalue weighted by atomic mass is 16.5. The Balaban J connectivity index is 1.59. The molecule has 0 fully saturated rings. The maximum Gasteiger partial charge on any atom is 0.307 e. The van der Waals surface area contributed by atoms with Crippen molar-refractivity contribution in [2.75, 3.05) is 27.9 Å². The molecule has 0 aliphatic carbocycles. The van der Waals surface area contributed by atoms with Gasteiger partial charge >= 0.3 is 5.97 Å². The summed E-state index contributed by atoms with van der Waals surface area (Å²) in [5.41, 5.74) is 0.721. The number of ether oxygens (including phenoxy) is 4. The second kappa shape index (κ2) is 11.8. The zero-order chi connectivity index (χ0) is 23.6. The van der Waals surface area contributed by atoms with Crippen LogP contribution in [0.4, 0.5) is 0 Å². The van der Waals surface area contributed by atoms with E-state index in [1.165, 1.54) is 14.2 Å². The van der Waals surface area contributed by atoms with Crippen molar-refractivity contribution in [1.29, 1.82) is 0 Å². The van der Waals surface area contributed by atoms with Gasteiger partial charge in [0.15, 0.2) is 11.5 Å². The van der Waals surface area contributed by atoms with E-state index in [0.717, 1.165) is 22.1 Å². The van der Waals surface area contributed by atoms with Gasteiger partial charge in [-0.1, -0.05) is 42.5 Å². The van der Waals surface area contributed by atoms with E-state index in [-0.39, 0.29) is 18.7 Å². The molecule has 3 aromatic carbocycles. The number of hydrogen-bond donors (Lipinski definition) is 1. The van der Waals surface area contributed by atoms with E-state index in [1.54, 1.807) is 25.3 Å². The summed E-state index contributed by atoms with van der Waals surface area (Å²) in [5, 5.41) is 5.07. The molecule has 7 nitrogen and oxygen atoms in total. The van der Waals surface area contributed by atoms with Crippen molar-refractivity contribution in [2.24, 2.45) is 0 Å². The van der Waals surface area contributed by atoms with Crippen molar-refractivity contribution < 1.29 is 28.5 Å². The summed E-state index contributed by atoms with van der Waals surface area (Å²) >= 11 is 0. The number of hydrogen-bond acceptors (Lipinski definition) is 6. The Morgan fingerprint density at radius 1 is 0.879 bits per heavy atom. The van der Waals surface area contributed by atoms with Crippen molar-refractivity contribution >= 4 is 22.6 Å². The zero-order valence-corrected chi connectivity index (χ0v) is 19.1. The topological polar surface area (TPSA) is 83.1 Å². The average molecular weight is 452 g/mol. The maximum absolute atomic E-state index is 12.6. The third-order valence-electron chi connectivity index (χ3n) is 5.30. The van der Waals surface area contributed by atoms with E-state index in [9.17, 15) is 9.59 Å². The van der Waals surface area contributed by atoms with Crippen LogP contribution < -0.4 is 19.5 Å². The van der Waals surface area contributed by atoms with Gasteiger partial charge in [-0.15, -0.1) is 0 Å². The summed E-state index contributed by atoms with van der Waals surface area (Å²) in [6.45, 7) is 0.402. The minimum atomic E-state index is -0.552. The van der Waals surface area contributed by atoms with Crippen LogP contribution in [0.2, 0.25) is 0 Å². The standard InChI is InChI=1S/C26H29NO6/c1-30-23-14-13-19(16-24(23)31-2)21(17-26(29)32-3)27-25(28)12-7-15-33-22-11-6-9-18-8-4-5-10-20(18)22/h4-6,8-11,13-14,16,21H,7,12,15,17H2,1-3H3,(H,27,28). The fourth-order valence-electron chi connectivity index (χ4n) is 3.57. The third kappa shape index (κ3) is 6.38. The van der Waals surface area contributed by atoms with Gasteiger partial charge in [0.2, 0.25) is 5.91 Å². The van der Waals surface area contributed by atoms with Crippen molar-refractivity contribution in [3.63, 3.8) is 0 Å². The highest BCUT2D eigenvalue weighted by Gasteiger charge is 2.20. The lowest BCUT2D eigenvalue weighted by Crippen LogP contribution is -2.30. The molecule has 7 heteroatoms. The Bertz CT molecular complexity index is 1090. The molecule has 0 aliphatic heterocycles. The minimum Gasteiger partial charge on any atom is -0.493 e. The first-order valence-corrected chi connectivity index (χ1v) is 10.7. The number of fused-ring (bicyclic) bond motifs is 1. The predicted octanol–water partition coefficient (Wildman–Crippen LogP) is 4.44. The second-order valence-electron chi connectivity index (χ2n) is 7.44. The summed E-state index contributed by atoms with van der Waals surface area (Å²) < 4.78 is 21.3. The molecular weight excluding hydrogens is 422 g/mol. The van der Waals surface area contributed by atoms with Gasteiger partial charge in [0, 0.05) is 11.8 Å². The number of amides is 1. The molecule has 33 heavy (non-hydrogen) atoms. The molecule has 0 aromatic heterocycles. The zero-order valence-electron chi connectivity index (χ0n) is 19.1. The van der Waals surface area contributed by atoms with Crippen LogP contribution in [0.3, 0.4) is 0 Å². The number of nitrogens with one attached hydrogen (secondary N) is 1. The summed E-state index contributed by atoms with van der Waals surface area (Å²) in [5.74, 6) is 1.27. The largest absolute Gasteiger partial charge is 0.493 e. The highest BCUT2D eigenvalue weighted by Crippen LogP contribution is 2.31. The minimum absolute atomic E-state index is 0.00419. The molecule has 1 atom stereocenters. The molecule has 0 radical (unpaired) electrons. The Hall–Kier alpha value is -3.74. The average Bonchev–Trinajstić information content (AvgIpc) is 2.85. The van der Waals surface area contributed by atoms with E-state index in [1.807, 2.05) is 42.5 Å². The van der Waals surface area contributed by atoms with Crippen LogP contribution in [0.25, 0.3) is 10.8 Å². The predicted molar refractivity (Wildman–Crippen MR) is 126 cm³/mol. The first-order valence-electron chi connectivity index (χ1n) is 10.7. The lowest BCUT2D eigenvalue weighted by atomic mass is 10.0. The Morgan fingerprint density at radius 3 is 2.39 bits per heavy atom. The van der Waals surface area contributed by atoms with Crippen molar-refractivity contribution in [1.82, 2.24) is 5.32 Å². The Kier molecular flexibility index (Phi) is 8.52. The fourth-order valence-corrected chi connectivity index (χ4v) is 3.57. The van der Waals surface area contributed by atoms with Crippen LogP contribution in [0, 0.1) is 0 Å². The van der Waals surface area contributed by atoms with Gasteiger partial charge in [-0.2, -0.15) is 0 Å². The number of carbonyl (C=O) groups is 2. The highest BCUT2D eigenvalue weighted by molar-refractivity contribution is 5.88. The maximum atomic E-state index is 12.6. The molecular formula is C26H29NO6. The van der Waals surface area contributed by atoms with Gasteiger partial charge < -0.3 is 24.3 Å². The molecule has 174 valence electrons. The monoisotopic (exact) mass is 451 g/mol. The van der Waals surface area contributed by atoms with Crippen molar-refractivity contribution in [3.8, 4) is 17.2 Å². The van der Waals surface area contributed by atoms with Crippen molar-refractivity contribution in [3.05, 3.63) is 66.2 Å². The van der Waals surface area contributed by atoms with Gasteiger partial charge in [0.05, 0.1) is 40.4 Å². The smallest absolute Gasteiger partial charge is 0.307 e. The molecule has 0 saturated carbocycles. The molecule has 0 bridgehead atoms. The van der Waals surface area contributed by atoms with E-state index < -0.39 is 12.0 Å². The molecule has 0 aliphatic rings. The second-order valence-corrected chi connectivity index (χ2v) is 7.44. The first-order chi connectivity index (χ1) is 16.0. The van der Waals surface area contributed by atoms with E-state index in [2.05, 4.69) is 5.32 Å². The summed E-state index contributed by atoms with van der Waals surface area (Å²) in [7, 11) is 4.40. The molecule has 1 N–H and O–H groups in total. The number of rotatable bonds is 11. The fraction of sp³-hybridized carbons (Fsp3) is 0.308. The summed E-state index contributed by atoms with van der Waals surface area (Å²) in [6, 6.07) is 18.6. The van der Waals surface area contributed by atoms with Gasteiger partial charge in [0.1, 0.15) is 5.75 Å². The normalized spacial score (nSPS) is 11.5. The van der Waals surface area contributed by atoms with E-state index in [4.69, 9.17) is 18.9 Å². The molecule has 1 amide bonds. The quantitative estimate of drug-likeness (QED) is 0.343. The van der Waals surface area contributed by atoms with Crippen LogP contribution in [0.5, 0.6) is 17.2 Å². The number of esters is 1.